The van der Waals surface area contributed by atoms with Gasteiger partial charge in [0.2, 0.25) is 0 Å². The van der Waals surface area contributed by atoms with Gasteiger partial charge in [0, 0.05) is 6.54 Å². The van der Waals surface area contributed by atoms with Gasteiger partial charge in [0.25, 0.3) is 0 Å². The van der Waals surface area contributed by atoms with Gasteiger partial charge in [-0.15, -0.1) is 0 Å². The minimum Gasteiger partial charge on any atom is -0.493 e. The van der Waals surface area contributed by atoms with Gasteiger partial charge in [0.1, 0.15) is 13.2 Å². The van der Waals surface area contributed by atoms with Crippen LogP contribution in [0.4, 0.5) is 0 Å². The van der Waals surface area contributed by atoms with Crippen LogP contribution in [-0.2, 0) is 25.0 Å². The molecule has 218 valence electrons. The first kappa shape index (κ1) is 29.3. The molecule has 0 fully saturated rings. The molecule has 0 saturated heterocycles. The molecule has 0 spiro atoms. The van der Waals surface area contributed by atoms with Crippen molar-refractivity contribution in [1.82, 2.24) is 5.32 Å². The summed E-state index contributed by atoms with van der Waals surface area (Å²) in [6, 6.07) is 28.9. The monoisotopic (exact) mass is 563 g/mol. The van der Waals surface area contributed by atoms with Crippen molar-refractivity contribution < 1.29 is 18.9 Å². The molecule has 5 rings (SSSR count). The molecule has 1 unspecified atom stereocenters. The van der Waals surface area contributed by atoms with E-state index in [0.717, 1.165) is 52.7 Å². The SMILES string of the molecule is COc1cc(C(C)(C)C)c(/C=C/C2NCCc3cc(OCc4ccccc4)c(OC)cc32)cc1OCc1ccccc1. The predicted octanol–water partition coefficient (Wildman–Crippen LogP) is 8.06. The van der Waals surface area contributed by atoms with E-state index in [1.807, 2.05) is 36.4 Å². The lowest BCUT2D eigenvalue weighted by Crippen LogP contribution is -2.28. The lowest BCUT2D eigenvalue weighted by molar-refractivity contribution is 0.283. The van der Waals surface area contributed by atoms with Crippen LogP contribution in [0.15, 0.2) is 91.0 Å². The molecule has 0 saturated carbocycles. The number of hydrogen-bond donors (Lipinski definition) is 1. The lowest BCUT2D eigenvalue weighted by atomic mass is 9.83. The average Bonchev–Trinajstić information content (AvgIpc) is 3.01. The number of ether oxygens (including phenoxy) is 4. The molecular formula is C37H41NO4. The standard InChI is InChI=1S/C37H41NO4/c1-37(2,3)31-23-34(40-5)36(42-25-27-14-10-7-11-15-27)21-29(31)16-17-32-30-22-33(39-4)35(20-28(30)18-19-38-32)41-24-26-12-8-6-9-13-26/h6-17,20-23,32,38H,18-19,24-25H2,1-5H3/b17-16+. The van der Waals surface area contributed by atoms with E-state index in [4.69, 9.17) is 18.9 Å². The van der Waals surface area contributed by atoms with Crippen molar-refractivity contribution in [3.63, 3.8) is 0 Å². The van der Waals surface area contributed by atoms with Crippen LogP contribution in [0.5, 0.6) is 23.0 Å². The molecule has 0 aliphatic carbocycles. The third-order valence-corrected chi connectivity index (χ3v) is 7.61. The van der Waals surface area contributed by atoms with Gasteiger partial charge in [-0.25, -0.2) is 0 Å². The van der Waals surface area contributed by atoms with E-state index in [2.05, 4.69) is 86.8 Å². The maximum Gasteiger partial charge on any atom is 0.162 e. The maximum absolute atomic E-state index is 6.26. The van der Waals surface area contributed by atoms with Crippen LogP contribution >= 0.6 is 0 Å². The highest BCUT2D eigenvalue weighted by Gasteiger charge is 2.23. The highest BCUT2D eigenvalue weighted by molar-refractivity contribution is 5.63. The van der Waals surface area contributed by atoms with Gasteiger partial charge in [0.05, 0.1) is 20.3 Å². The zero-order valence-electron chi connectivity index (χ0n) is 25.3. The lowest BCUT2D eigenvalue weighted by Gasteiger charge is -2.27. The topological polar surface area (TPSA) is 49.0 Å². The third-order valence-electron chi connectivity index (χ3n) is 7.61. The quantitative estimate of drug-likeness (QED) is 0.212. The number of hydrogen-bond acceptors (Lipinski definition) is 5. The van der Waals surface area contributed by atoms with Crippen molar-refractivity contribution in [1.29, 1.82) is 0 Å². The molecule has 1 aliphatic rings. The van der Waals surface area contributed by atoms with Crippen LogP contribution in [0, 0.1) is 0 Å². The summed E-state index contributed by atoms with van der Waals surface area (Å²) in [6.07, 6.45) is 5.37. The van der Waals surface area contributed by atoms with Crippen molar-refractivity contribution in [2.24, 2.45) is 0 Å². The zero-order valence-corrected chi connectivity index (χ0v) is 25.3. The summed E-state index contributed by atoms with van der Waals surface area (Å²) in [6.45, 7) is 8.52. The Morgan fingerprint density at radius 1 is 0.738 bits per heavy atom. The van der Waals surface area contributed by atoms with Crippen molar-refractivity contribution in [2.75, 3.05) is 20.8 Å². The minimum absolute atomic E-state index is 0.0365. The summed E-state index contributed by atoms with van der Waals surface area (Å²) < 4.78 is 24.0. The zero-order chi connectivity index (χ0) is 29.5. The Kier molecular flexibility index (Phi) is 9.19. The van der Waals surface area contributed by atoms with Crippen molar-refractivity contribution in [3.05, 3.63) is 124 Å². The molecule has 1 atom stereocenters. The van der Waals surface area contributed by atoms with Gasteiger partial charge in [-0.1, -0.05) is 93.6 Å². The van der Waals surface area contributed by atoms with Gasteiger partial charge in [0.15, 0.2) is 23.0 Å². The molecule has 0 radical (unpaired) electrons. The van der Waals surface area contributed by atoms with Gasteiger partial charge in [-0.2, -0.15) is 0 Å². The Bertz CT molecular complexity index is 1510. The summed E-state index contributed by atoms with van der Waals surface area (Å²) in [4.78, 5) is 0. The van der Waals surface area contributed by atoms with Crippen molar-refractivity contribution >= 4 is 6.08 Å². The van der Waals surface area contributed by atoms with E-state index in [1.165, 1.54) is 16.7 Å². The summed E-state index contributed by atoms with van der Waals surface area (Å²) in [5, 5.41) is 3.68. The first-order chi connectivity index (χ1) is 20.4. The van der Waals surface area contributed by atoms with Crippen LogP contribution < -0.4 is 24.3 Å². The number of nitrogens with one attached hydrogen (secondary N) is 1. The van der Waals surface area contributed by atoms with E-state index in [1.54, 1.807) is 14.2 Å². The molecule has 42 heavy (non-hydrogen) atoms. The molecule has 5 heteroatoms. The van der Waals surface area contributed by atoms with Crippen LogP contribution in [-0.4, -0.2) is 20.8 Å². The Morgan fingerprint density at radius 2 is 1.31 bits per heavy atom. The molecule has 4 aromatic rings. The van der Waals surface area contributed by atoms with Crippen LogP contribution in [0.3, 0.4) is 0 Å². The van der Waals surface area contributed by atoms with Crippen LogP contribution in [0.1, 0.15) is 60.2 Å². The van der Waals surface area contributed by atoms with Crippen LogP contribution in [0.2, 0.25) is 0 Å². The highest BCUT2D eigenvalue weighted by atomic mass is 16.5. The van der Waals surface area contributed by atoms with Gasteiger partial charge >= 0.3 is 0 Å². The number of benzene rings is 4. The van der Waals surface area contributed by atoms with Crippen LogP contribution in [0.25, 0.3) is 6.08 Å². The predicted molar refractivity (Wildman–Crippen MR) is 170 cm³/mol. The fourth-order valence-corrected chi connectivity index (χ4v) is 5.35. The Labute approximate surface area is 250 Å². The molecule has 0 amide bonds. The van der Waals surface area contributed by atoms with Gasteiger partial charge in [-0.05, 0) is 69.5 Å². The molecule has 0 aromatic heterocycles. The third kappa shape index (κ3) is 6.97. The second-order valence-electron chi connectivity index (χ2n) is 11.6. The smallest absolute Gasteiger partial charge is 0.162 e. The van der Waals surface area contributed by atoms with Crippen molar-refractivity contribution in [2.45, 2.75) is 51.9 Å². The number of rotatable bonds is 10. The molecule has 4 aromatic carbocycles. The summed E-state index contributed by atoms with van der Waals surface area (Å²) in [5.41, 5.74) is 6.92. The molecule has 1 heterocycles. The van der Waals surface area contributed by atoms with E-state index in [0.29, 0.717) is 13.2 Å². The number of methoxy groups -OCH3 is 2. The van der Waals surface area contributed by atoms with E-state index < -0.39 is 0 Å². The fourth-order valence-electron chi connectivity index (χ4n) is 5.35. The van der Waals surface area contributed by atoms with Gasteiger partial charge in [-0.3, -0.25) is 0 Å². The second kappa shape index (κ2) is 13.2. The Balaban J connectivity index is 1.43. The molecule has 5 nitrogen and oxygen atoms in total. The summed E-state index contributed by atoms with van der Waals surface area (Å²) in [5.74, 6) is 2.98. The van der Waals surface area contributed by atoms with E-state index in [9.17, 15) is 0 Å². The molecule has 0 bridgehead atoms. The summed E-state index contributed by atoms with van der Waals surface area (Å²) >= 11 is 0. The Morgan fingerprint density at radius 3 is 1.88 bits per heavy atom. The molecule has 1 aliphatic heterocycles. The first-order valence-corrected chi connectivity index (χ1v) is 14.5. The first-order valence-electron chi connectivity index (χ1n) is 14.5. The normalized spacial score (nSPS) is 14.8. The largest absolute Gasteiger partial charge is 0.493 e. The van der Waals surface area contributed by atoms with E-state index >= 15 is 0 Å². The van der Waals surface area contributed by atoms with E-state index in [-0.39, 0.29) is 11.5 Å². The molecular weight excluding hydrogens is 522 g/mol. The van der Waals surface area contributed by atoms with Gasteiger partial charge < -0.3 is 24.3 Å². The minimum atomic E-state index is -0.0863. The average molecular weight is 564 g/mol. The highest BCUT2D eigenvalue weighted by Crippen LogP contribution is 2.39. The second-order valence-corrected chi connectivity index (χ2v) is 11.6. The number of fused-ring (bicyclic) bond motifs is 1. The molecule has 1 N–H and O–H groups in total. The van der Waals surface area contributed by atoms with Crippen molar-refractivity contribution in [3.8, 4) is 23.0 Å². The maximum atomic E-state index is 6.26. The summed E-state index contributed by atoms with van der Waals surface area (Å²) in [7, 11) is 3.39. The fraction of sp³-hybridized carbons (Fsp3) is 0.297. The Hall–Kier alpha value is -4.22.